The van der Waals surface area contributed by atoms with Crippen LogP contribution < -0.4 is 0 Å². The summed E-state index contributed by atoms with van der Waals surface area (Å²) in [5.41, 5.74) is 0.210. The highest BCUT2D eigenvalue weighted by atomic mass is 32.2. The van der Waals surface area contributed by atoms with E-state index < -0.39 is 10.0 Å². The van der Waals surface area contributed by atoms with Crippen molar-refractivity contribution < 1.29 is 12.9 Å². The van der Waals surface area contributed by atoms with Crippen LogP contribution in [-0.2, 0) is 10.0 Å². The fraction of sp³-hybridized carbons (Fsp3) is 0.462. The first-order valence-electron chi connectivity index (χ1n) is 6.18. The summed E-state index contributed by atoms with van der Waals surface area (Å²) in [6.07, 6.45) is 0. The number of nitrogens with zero attached hydrogens (tertiary/aromatic N) is 3. The first-order valence-corrected chi connectivity index (χ1v) is 7.62. The summed E-state index contributed by atoms with van der Waals surface area (Å²) < 4.78 is 27.4. The van der Waals surface area contributed by atoms with Crippen molar-refractivity contribution in [3.63, 3.8) is 0 Å². The van der Waals surface area contributed by atoms with Crippen molar-refractivity contribution in [1.82, 2.24) is 4.31 Å². The number of piperazine rings is 1. The number of benzene rings is 1. The zero-order valence-corrected chi connectivity index (χ0v) is 12.0. The Balaban J connectivity index is 2.32. The summed E-state index contributed by atoms with van der Waals surface area (Å²) in [6, 6.07) is 8.31. The van der Waals surface area contributed by atoms with Crippen LogP contribution >= 0.6 is 0 Å². The maximum Gasteiger partial charge on any atom is 0.244 e. The molecule has 2 rings (SSSR count). The molecule has 0 bridgehead atoms. The summed E-state index contributed by atoms with van der Waals surface area (Å²) >= 11 is 0. The minimum Gasteiger partial charge on any atom is -0.326 e. The van der Waals surface area contributed by atoms with Crippen LogP contribution in [0.3, 0.4) is 0 Å². The van der Waals surface area contributed by atoms with Gasteiger partial charge in [-0.2, -0.15) is 9.57 Å². The Morgan fingerprint density at radius 2 is 1.79 bits per heavy atom. The SMILES string of the molecule is C[N+]1(C)CCN(S(=O)(=O)c2ccccc2C#N)CC1. The summed E-state index contributed by atoms with van der Waals surface area (Å²) in [5.74, 6) is 0. The molecule has 1 saturated heterocycles. The summed E-state index contributed by atoms with van der Waals surface area (Å²) in [7, 11) is 0.627. The van der Waals surface area contributed by atoms with Crippen LogP contribution in [-0.4, -0.2) is 57.5 Å². The van der Waals surface area contributed by atoms with E-state index in [1.54, 1.807) is 12.1 Å². The van der Waals surface area contributed by atoms with E-state index in [9.17, 15) is 8.42 Å². The van der Waals surface area contributed by atoms with Crippen LogP contribution in [0.2, 0.25) is 0 Å². The third-order valence-corrected chi connectivity index (χ3v) is 5.49. The number of quaternary nitrogens is 1. The Bertz CT molecular complexity index is 607. The first-order chi connectivity index (χ1) is 8.87. The van der Waals surface area contributed by atoms with Crippen LogP contribution in [0.5, 0.6) is 0 Å². The minimum absolute atomic E-state index is 0.115. The molecule has 1 aromatic rings. The van der Waals surface area contributed by atoms with Gasteiger partial charge in [-0.05, 0) is 12.1 Å². The van der Waals surface area contributed by atoms with E-state index in [-0.39, 0.29) is 10.5 Å². The maximum atomic E-state index is 12.5. The van der Waals surface area contributed by atoms with Gasteiger partial charge in [-0.3, -0.25) is 0 Å². The Labute approximate surface area is 114 Å². The molecular formula is C13H18N3O2S+. The first kappa shape index (κ1) is 14.0. The second-order valence-electron chi connectivity index (χ2n) is 5.39. The van der Waals surface area contributed by atoms with E-state index in [2.05, 4.69) is 14.1 Å². The molecule has 6 heteroatoms. The van der Waals surface area contributed by atoms with E-state index in [4.69, 9.17) is 5.26 Å². The molecule has 0 aliphatic carbocycles. The van der Waals surface area contributed by atoms with Crippen molar-refractivity contribution >= 4 is 10.0 Å². The minimum atomic E-state index is -3.55. The second kappa shape index (κ2) is 4.93. The third kappa shape index (κ3) is 2.78. The molecule has 1 aliphatic heterocycles. The molecule has 1 aliphatic rings. The highest BCUT2D eigenvalue weighted by Gasteiger charge is 2.33. The zero-order chi connectivity index (χ0) is 14.1. The van der Waals surface area contributed by atoms with Crippen molar-refractivity contribution in [2.24, 2.45) is 0 Å². The quantitative estimate of drug-likeness (QED) is 0.747. The lowest BCUT2D eigenvalue weighted by molar-refractivity contribution is -0.893. The second-order valence-corrected chi connectivity index (χ2v) is 7.30. The van der Waals surface area contributed by atoms with Gasteiger partial charge in [0.2, 0.25) is 10.0 Å². The zero-order valence-electron chi connectivity index (χ0n) is 11.2. The van der Waals surface area contributed by atoms with E-state index in [1.165, 1.54) is 16.4 Å². The fourth-order valence-corrected chi connectivity index (χ4v) is 3.72. The molecule has 0 atom stereocenters. The highest BCUT2D eigenvalue weighted by Crippen LogP contribution is 2.21. The third-order valence-electron chi connectivity index (χ3n) is 3.53. The van der Waals surface area contributed by atoms with Gasteiger partial charge in [-0.1, -0.05) is 12.1 Å². The molecule has 1 fully saturated rings. The highest BCUT2D eigenvalue weighted by molar-refractivity contribution is 7.89. The van der Waals surface area contributed by atoms with Crippen LogP contribution in [0.15, 0.2) is 29.2 Å². The summed E-state index contributed by atoms with van der Waals surface area (Å²) in [4.78, 5) is 0.115. The van der Waals surface area contributed by atoms with E-state index >= 15 is 0 Å². The molecule has 19 heavy (non-hydrogen) atoms. The van der Waals surface area contributed by atoms with E-state index in [0.717, 1.165) is 17.6 Å². The van der Waals surface area contributed by atoms with Crippen LogP contribution in [0.25, 0.3) is 0 Å². The lowest BCUT2D eigenvalue weighted by Crippen LogP contribution is -2.56. The largest absolute Gasteiger partial charge is 0.326 e. The molecular weight excluding hydrogens is 262 g/mol. The molecule has 0 aromatic heterocycles. The van der Waals surface area contributed by atoms with E-state index in [0.29, 0.717) is 13.1 Å². The number of rotatable bonds is 2. The molecule has 0 amide bonds. The number of sulfonamides is 1. The maximum absolute atomic E-state index is 12.5. The van der Waals surface area contributed by atoms with E-state index in [1.807, 2.05) is 6.07 Å². The Morgan fingerprint density at radius 3 is 2.37 bits per heavy atom. The van der Waals surface area contributed by atoms with Gasteiger partial charge in [-0.25, -0.2) is 8.42 Å². The molecule has 0 N–H and O–H groups in total. The van der Waals surface area contributed by atoms with Gasteiger partial charge < -0.3 is 4.48 Å². The number of hydrogen-bond donors (Lipinski definition) is 0. The van der Waals surface area contributed by atoms with Gasteiger partial charge in [0.15, 0.2) is 0 Å². The number of hydrogen-bond acceptors (Lipinski definition) is 3. The standard InChI is InChI=1S/C13H18N3O2S/c1-16(2)9-7-15(8-10-16)19(17,18)13-6-4-3-5-12(13)11-14/h3-6H,7-10H2,1-2H3/q+1. The lowest BCUT2D eigenvalue weighted by Gasteiger charge is -2.38. The Hall–Kier alpha value is -1.42. The van der Waals surface area contributed by atoms with Gasteiger partial charge in [0.1, 0.15) is 6.07 Å². The predicted octanol–water partition coefficient (Wildman–Crippen LogP) is 0.639. The summed E-state index contributed by atoms with van der Waals surface area (Å²) in [5, 5.41) is 9.03. The fourth-order valence-electron chi connectivity index (χ4n) is 2.15. The average molecular weight is 280 g/mol. The molecule has 0 saturated carbocycles. The number of likely N-dealkylation sites (N-methyl/N-ethyl adjacent to an activating group) is 1. The molecule has 1 aromatic carbocycles. The smallest absolute Gasteiger partial charge is 0.244 e. The number of nitriles is 1. The average Bonchev–Trinajstić information content (AvgIpc) is 2.38. The van der Waals surface area contributed by atoms with Gasteiger partial charge >= 0.3 is 0 Å². The molecule has 0 radical (unpaired) electrons. The van der Waals surface area contributed by atoms with Crippen LogP contribution in [0.4, 0.5) is 0 Å². The monoisotopic (exact) mass is 280 g/mol. The molecule has 102 valence electrons. The molecule has 1 heterocycles. The van der Waals surface area contributed by atoms with Crippen molar-refractivity contribution in [2.45, 2.75) is 4.90 Å². The van der Waals surface area contributed by atoms with Crippen molar-refractivity contribution in [1.29, 1.82) is 5.26 Å². The van der Waals surface area contributed by atoms with Gasteiger partial charge in [0.05, 0.1) is 50.7 Å². The molecule has 0 spiro atoms. The van der Waals surface area contributed by atoms with Crippen LogP contribution in [0.1, 0.15) is 5.56 Å². The summed E-state index contributed by atoms with van der Waals surface area (Å²) in [6.45, 7) is 2.56. The van der Waals surface area contributed by atoms with Crippen LogP contribution in [0, 0.1) is 11.3 Å². The van der Waals surface area contributed by atoms with Gasteiger partial charge in [-0.15, -0.1) is 0 Å². The molecule has 5 nitrogen and oxygen atoms in total. The Morgan fingerprint density at radius 1 is 1.21 bits per heavy atom. The normalized spacial score (nSPS) is 19.8. The Kier molecular flexibility index (Phi) is 3.63. The van der Waals surface area contributed by atoms with Gasteiger partial charge in [0, 0.05) is 0 Å². The lowest BCUT2D eigenvalue weighted by atomic mass is 10.2. The topological polar surface area (TPSA) is 61.2 Å². The predicted molar refractivity (Wildman–Crippen MR) is 71.8 cm³/mol. The van der Waals surface area contributed by atoms with Crippen molar-refractivity contribution in [2.75, 3.05) is 40.3 Å². The van der Waals surface area contributed by atoms with Crippen molar-refractivity contribution in [3.8, 4) is 6.07 Å². The molecule has 0 unspecified atom stereocenters. The van der Waals surface area contributed by atoms with Gasteiger partial charge in [0.25, 0.3) is 0 Å². The van der Waals surface area contributed by atoms with Crippen molar-refractivity contribution in [3.05, 3.63) is 29.8 Å².